The Balaban J connectivity index is 0.00000280. The first-order valence-corrected chi connectivity index (χ1v) is 9.78. The molecule has 1 amide bonds. The van der Waals surface area contributed by atoms with E-state index < -0.39 is 0 Å². The van der Waals surface area contributed by atoms with Crippen LogP contribution in [0.2, 0.25) is 5.02 Å². The number of piperazine rings is 1. The van der Waals surface area contributed by atoms with Crippen molar-refractivity contribution in [1.82, 2.24) is 15.1 Å². The van der Waals surface area contributed by atoms with Crippen LogP contribution in [0.15, 0.2) is 29.3 Å². The molecule has 2 fully saturated rings. The van der Waals surface area contributed by atoms with Gasteiger partial charge in [-0.2, -0.15) is 0 Å². The van der Waals surface area contributed by atoms with E-state index in [1.54, 1.807) is 0 Å². The number of ether oxygens (including phenoxy) is 2. The van der Waals surface area contributed by atoms with Crippen molar-refractivity contribution in [3.05, 3.63) is 34.9 Å². The van der Waals surface area contributed by atoms with E-state index in [-0.39, 0.29) is 36.0 Å². The van der Waals surface area contributed by atoms with E-state index in [9.17, 15) is 4.79 Å². The number of rotatable bonds is 5. The van der Waals surface area contributed by atoms with Gasteiger partial charge in [-0.25, -0.2) is 0 Å². The molecule has 3 rings (SSSR count). The molecule has 7 nitrogen and oxygen atoms in total. The molecule has 0 bridgehead atoms. The standard InChI is InChI=1S/C19H27ClN4O3.HI/c1-2-21-19(22-11-17-14-26-9-10-27-17)24-8-7-23(18(25)13-24)12-15-3-5-16(20)6-4-15;/h3-6,17H,2,7-14H2,1H3,(H,21,22);1H. The fraction of sp³-hybridized carbons (Fsp3) is 0.579. The van der Waals surface area contributed by atoms with Gasteiger partial charge >= 0.3 is 0 Å². The third-order valence-electron chi connectivity index (χ3n) is 4.57. The van der Waals surface area contributed by atoms with Gasteiger partial charge in [-0.05, 0) is 24.6 Å². The lowest BCUT2D eigenvalue weighted by atomic mass is 10.2. The topological polar surface area (TPSA) is 66.4 Å². The number of hydrogen-bond acceptors (Lipinski definition) is 4. The molecular formula is C19H28ClIN4O3. The Morgan fingerprint density at radius 1 is 1.29 bits per heavy atom. The van der Waals surface area contributed by atoms with Crippen molar-refractivity contribution in [3.8, 4) is 0 Å². The molecule has 9 heteroatoms. The Labute approximate surface area is 188 Å². The molecule has 2 aliphatic rings. The van der Waals surface area contributed by atoms with E-state index in [1.807, 2.05) is 41.0 Å². The highest BCUT2D eigenvalue weighted by molar-refractivity contribution is 14.0. The number of halogens is 2. The van der Waals surface area contributed by atoms with Crippen LogP contribution in [0.25, 0.3) is 0 Å². The minimum Gasteiger partial charge on any atom is -0.376 e. The van der Waals surface area contributed by atoms with Gasteiger partial charge < -0.3 is 24.6 Å². The fourth-order valence-corrected chi connectivity index (χ4v) is 3.25. The lowest BCUT2D eigenvalue weighted by Crippen LogP contribution is -2.55. The van der Waals surface area contributed by atoms with E-state index in [2.05, 4.69) is 10.3 Å². The van der Waals surface area contributed by atoms with Crippen LogP contribution < -0.4 is 5.32 Å². The predicted octanol–water partition coefficient (Wildman–Crippen LogP) is 1.98. The van der Waals surface area contributed by atoms with Crippen molar-refractivity contribution in [2.45, 2.75) is 19.6 Å². The molecule has 1 aromatic rings. The molecule has 156 valence electrons. The van der Waals surface area contributed by atoms with Crippen LogP contribution >= 0.6 is 35.6 Å². The molecule has 0 saturated carbocycles. The molecule has 0 aromatic heterocycles. The molecule has 0 aliphatic carbocycles. The maximum Gasteiger partial charge on any atom is 0.242 e. The van der Waals surface area contributed by atoms with Crippen LogP contribution in [0.4, 0.5) is 0 Å². The van der Waals surface area contributed by atoms with Crippen molar-refractivity contribution in [1.29, 1.82) is 0 Å². The summed E-state index contributed by atoms with van der Waals surface area (Å²) in [5.74, 6) is 0.852. The first-order valence-electron chi connectivity index (χ1n) is 9.40. The second-order valence-corrected chi connectivity index (χ2v) is 7.06. The van der Waals surface area contributed by atoms with Gasteiger partial charge in [0.05, 0.1) is 32.9 Å². The van der Waals surface area contributed by atoms with Crippen molar-refractivity contribution < 1.29 is 14.3 Å². The summed E-state index contributed by atoms with van der Waals surface area (Å²) in [4.78, 5) is 21.2. The van der Waals surface area contributed by atoms with Gasteiger partial charge in [0.15, 0.2) is 5.96 Å². The number of hydrogen-bond donors (Lipinski definition) is 1. The van der Waals surface area contributed by atoms with Crippen molar-refractivity contribution in [2.75, 3.05) is 52.5 Å². The Morgan fingerprint density at radius 3 is 2.71 bits per heavy atom. The first kappa shape index (κ1) is 23.2. The number of nitrogens with zero attached hydrogens (tertiary/aromatic N) is 3. The van der Waals surface area contributed by atoms with Gasteiger partial charge in [-0.3, -0.25) is 9.79 Å². The normalized spacial score (nSPS) is 20.7. The number of carbonyl (C=O) groups is 1. The highest BCUT2D eigenvalue weighted by Crippen LogP contribution is 2.14. The lowest BCUT2D eigenvalue weighted by molar-refractivity contribution is -0.135. The second-order valence-electron chi connectivity index (χ2n) is 6.63. The first-order chi connectivity index (χ1) is 13.2. The summed E-state index contributed by atoms with van der Waals surface area (Å²) in [5.41, 5.74) is 1.08. The van der Waals surface area contributed by atoms with Crippen LogP contribution in [0.3, 0.4) is 0 Å². The highest BCUT2D eigenvalue weighted by Gasteiger charge is 2.26. The van der Waals surface area contributed by atoms with E-state index in [0.29, 0.717) is 51.0 Å². The molecule has 2 aliphatic heterocycles. The molecule has 2 saturated heterocycles. The van der Waals surface area contributed by atoms with Crippen LogP contribution in [0.5, 0.6) is 0 Å². The number of carbonyl (C=O) groups excluding carboxylic acids is 1. The second kappa shape index (κ2) is 11.8. The number of aliphatic imine (C=N–C) groups is 1. The molecule has 1 atom stereocenters. The van der Waals surface area contributed by atoms with Gasteiger partial charge in [0.25, 0.3) is 0 Å². The summed E-state index contributed by atoms with van der Waals surface area (Å²) in [5, 5.41) is 3.98. The molecular weight excluding hydrogens is 495 g/mol. The Bertz CT molecular complexity index is 653. The number of nitrogens with one attached hydrogen (secondary N) is 1. The highest BCUT2D eigenvalue weighted by atomic mass is 127. The number of guanidine groups is 1. The number of amides is 1. The zero-order chi connectivity index (χ0) is 19.1. The summed E-state index contributed by atoms with van der Waals surface area (Å²) < 4.78 is 11.1. The molecule has 0 spiro atoms. The Hall–Kier alpha value is -1.10. The van der Waals surface area contributed by atoms with E-state index >= 15 is 0 Å². The van der Waals surface area contributed by atoms with E-state index in [1.165, 1.54) is 0 Å². The van der Waals surface area contributed by atoms with Crippen molar-refractivity contribution in [3.63, 3.8) is 0 Å². The molecule has 1 N–H and O–H groups in total. The van der Waals surface area contributed by atoms with Crippen LogP contribution in [0.1, 0.15) is 12.5 Å². The van der Waals surface area contributed by atoms with Crippen LogP contribution in [-0.2, 0) is 20.8 Å². The summed E-state index contributed by atoms with van der Waals surface area (Å²) in [6, 6.07) is 7.62. The molecule has 28 heavy (non-hydrogen) atoms. The minimum absolute atomic E-state index is 0. The minimum atomic E-state index is -0.0192. The van der Waals surface area contributed by atoms with Crippen LogP contribution in [-0.4, -0.2) is 80.3 Å². The lowest BCUT2D eigenvalue weighted by Gasteiger charge is -2.36. The zero-order valence-corrected chi connectivity index (χ0v) is 19.2. The Kier molecular flexibility index (Phi) is 9.76. The molecule has 1 aromatic carbocycles. The van der Waals surface area contributed by atoms with Gasteiger partial charge in [-0.15, -0.1) is 24.0 Å². The summed E-state index contributed by atoms with van der Waals surface area (Å²) >= 11 is 5.93. The molecule has 2 heterocycles. The zero-order valence-electron chi connectivity index (χ0n) is 16.1. The summed E-state index contributed by atoms with van der Waals surface area (Å²) in [6.45, 7) is 7.45. The molecule has 0 radical (unpaired) electrons. The predicted molar refractivity (Wildman–Crippen MR) is 120 cm³/mol. The maximum absolute atomic E-state index is 12.6. The van der Waals surface area contributed by atoms with Crippen LogP contribution in [0, 0.1) is 0 Å². The smallest absolute Gasteiger partial charge is 0.242 e. The number of benzene rings is 1. The summed E-state index contributed by atoms with van der Waals surface area (Å²) in [7, 11) is 0. The van der Waals surface area contributed by atoms with Gasteiger partial charge in [0, 0.05) is 31.2 Å². The SMILES string of the molecule is CCNC(=NCC1COCCO1)N1CCN(Cc2ccc(Cl)cc2)C(=O)C1.I. The third-order valence-corrected chi connectivity index (χ3v) is 4.82. The van der Waals surface area contributed by atoms with E-state index in [0.717, 1.165) is 24.6 Å². The fourth-order valence-electron chi connectivity index (χ4n) is 3.12. The average Bonchev–Trinajstić information content (AvgIpc) is 2.69. The van der Waals surface area contributed by atoms with E-state index in [4.69, 9.17) is 21.1 Å². The Morgan fingerprint density at radius 2 is 2.07 bits per heavy atom. The van der Waals surface area contributed by atoms with Gasteiger partial charge in [0.1, 0.15) is 6.10 Å². The monoisotopic (exact) mass is 522 g/mol. The summed E-state index contributed by atoms with van der Waals surface area (Å²) in [6.07, 6.45) is -0.0192. The van der Waals surface area contributed by atoms with Crippen molar-refractivity contribution in [2.24, 2.45) is 4.99 Å². The van der Waals surface area contributed by atoms with Gasteiger partial charge in [-0.1, -0.05) is 23.7 Å². The molecule has 1 unspecified atom stereocenters. The largest absolute Gasteiger partial charge is 0.376 e. The quantitative estimate of drug-likeness (QED) is 0.364. The maximum atomic E-state index is 12.6. The third kappa shape index (κ3) is 6.75. The van der Waals surface area contributed by atoms with Gasteiger partial charge in [0.2, 0.25) is 5.91 Å². The average molecular weight is 523 g/mol. The van der Waals surface area contributed by atoms with Crippen molar-refractivity contribution >= 4 is 47.4 Å².